The van der Waals surface area contributed by atoms with E-state index in [1.165, 1.54) is 5.01 Å². The highest BCUT2D eigenvalue weighted by Crippen LogP contribution is 2.21. The Labute approximate surface area is 152 Å². The third-order valence-electron chi connectivity index (χ3n) is 4.21. The van der Waals surface area contributed by atoms with Crippen molar-refractivity contribution in [3.05, 3.63) is 59.7 Å². The van der Waals surface area contributed by atoms with Crippen LogP contribution in [0.3, 0.4) is 0 Å². The lowest BCUT2D eigenvalue weighted by Gasteiger charge is -2.23. The average molecular weight is 351 g/mol. The Balaban J connectivity index is 1.73. The number of aryl methyl sites for hydroxylation is 1. The third kappa shape index (κ3) is 3.91. The van der Waals surface area contributed by atoms with Crippen molar-refractivity contribution >= 4 is 23.2 Å². The van der Waals surface area contributed by atoms with Crippen LogP contribution < -0.4 is 15.1 Å². The number of amides is 2. The lowest BCUT2D eigenvalue weighted by atomic mass is 10.1. The number of nitrogens with one attached hydrogen (secondary N) is 1. The maximum absolute atomic E-state index is 12.5. The van der Waals surface area contributed by atoms with Crippen molar-refractivity contribution in [3.8, 4) is 5.75 Å². The number of para-hydroxylation sites is 1. The predicted molar refractivity (Wildman–Crippen MR) is 100 cm³/mol. The normalized spacial score (nSPS) is 14.0. The van der Waals surface area contributed by atoms with E-state index in [1.54, 1.807) is 7.11 Å². The fourth-order valence-corrected chi connectivity index (χ4v) is 2.73. The maximum atomic E-state index is 12.5. The predicted octanol–water partition coefficient (Wildman–Crippen LogP) is 2.80. The zero-order valence-corrected chi connectivity index (χ0v) is 14.9. The molecule has 2 amide bonds. The second kappa shape index (κ2) is 7.82. The number of carbonyl (C=O) groups excluding carboxylic acids is 2. The van der Waals surface area contributed by atoms with E-state index < -0.39 is 0 Å². The highest BCUT2D eigenvalue weighted by Gasteiger charge is 2.25. The number of hydrogen-bond acceptors (Lipinski definition) is 4. The molecular weight excluding hydrogens is 330 g/mol. The van der Waals surface area contributed by atoms with Gasteiger partial charge in [0.2, 0.25) is 5.91 Å². The van der Waals surface area contributed by atoms with Crippen LogP contribution >= 0.6 is 0 Å². The molecule has 0 unspecified atom stereocenters. The van der Waals surface area contributed by atoms with Gasteiger partial charge in [0.1, 0.15) is 11.5 Å². The Hall–Kier alpha value is -3.15. The number of rotatable bonds is 5. The SMILES string of the molecule is COc1ccccc1CNC(=O)C1=NN(c2ccc(C)cc2)C(=O)CC1. The van der Waals surface area contributed by atoms with E-state index in [2.05, 4.69) is 10.4 Å². The van der Waals surface area contributed by atoms with Crippen LogP contribution in [-0.2, 0) is 16.1 Å². The molecule has 0 atom stereocenters. The first-order valence-electron chi connectivity index (χ1n) is 8.45. The van der Waals surface area contributed by atoms with E-state index in [-0.39, 0.29) is 18.2 Å². The van der Waals surface area contributed by atoms with E-state index in [1.807, 2.05) is 55.5 Å². The first-order chi connectivity index (χ1) is 12.6. The minimum absolute atomic E-state index is 0.116. The Kier molecular flexibility index (Phi) is 5.31. The Bertz CT molecular complexity index is 844. The second-order valence-corrected chi connectivity index (χ2v) is 6.08. The van der Waals surface area contributed by atoms with Crippen LogP contribution in [-0.4, -0.2) is 24.6 Å². The average Bonchev–Trinajstić information content (AvgIpc) is 2.67. The van der Waals surface area contributed by atoms with E-state index in [0.29, 0.717) is 24.4 Å². The third-order valence-corrected chi connectivity index (χ3v) is 4.21. The van der Waals surface area contributed by atoms with Crippen LogP contribution in [0.1, 0.15) is 24.0 Å². The number of ether oxygens (including phenoxy) is 1. The van der Waals surface area contributed by atoms with Crippen molar-refractivity contribution in [2.75, 3.05) is 12.1 Å². The second-order valence-electron chi connectivity index (χ2n) is 6.08. The van der Waals surface area contributed by atoms with Crippen LogP contribution in [0.5, 0.6) is 5.75 Å². The highest BCUT2D eigenvalue weighted by molar-refractivity contribution is 6.40. The fraction of sp³-hybridized carbons (Fsp3) is 0.250. The van der Waals surface area contributed by atoms with Crippen molar-refractivity contribution in [1.29, 1.82) is 0 Å². The summed E-state index contributed by atoms with van der Waals surface area (Å²) in [6, 6.07) is 15.0. The van der Waals surface area contributed by atoms with Gasteiger partial charge in [0.15, 0.2) is 0 Å². The Morgan fingerprint density at radius 2 is 1.88 bits per heavy atom. The van der Waals surface area contributed by atoms with Gasteiger partial charge in [0.05, 0.1) is 12.8 Å². The molecule has 2 aromatic rings. The monoisotopic (exact) mass is 351 g/mol. The summed E-state index contributed by atoms with van der Waals surface area (Å²) in [5, 5.41) is 8.43. The number of carbonyl (C=O) groups is 2. The maximum Gasteiger partial charge on any atom is 0.267 e. The summed E-state index contributed by atoms with van der Waals surface area (Å²) >= 11 is 0. The van der Waals surface area contributed by atoms with Gasteiger partial charge in [-0.05, 0) is 25.1 Å². The largest absolute Gasteiger partial charge is 0.496 e. The van der Waals surface area contributed by atoms with Crippen molar-refractivity contribution in [3.63, 3.8) is 0 Å². The first-order valence-corrected chi connectivity index (χ1v) is 8.45. The molecule has 6 nitrogen and oxygen atoms in total. The van der Waals surface area contributed by atoms with E-state index in [4.69, 9.17) is 4.74 Å². The number of anilines is 1. The van der Waals surface area contributed by atoms with Crippen LogP contribution in [0, 0.1) is 6.92 Å². The summed E-state index contributed by atoms with van der Waals surface area (Å²) in [7, 11) is 1.59. The Morgan fingerprint density at radius 1 is 1.15 bits per heavy atom. The molecule has 0 bridgehead atoms. The first kappa shape index (κ1) is 17.7. The van der Waals surface area contributed by atoms with Gasteiger partial charge in [0, 0.05) is 24.9 Å². The molecule has 0 fully saturated rings. The van der Waals surface area contributed by atoms with Gasteiger partial charge in [-0.2, -0.15) is 5.10 Å². The van der Waals surface area contributed by atoms with Gasteiger partial charge in [-0.1, -0.05) is 35.9 Å². The molecule has 134 valence electrons. The standard InChI is InChI=1S/C20H21N3O3/c1-14-7-9-16(10-8-14)23-19(24)12-11-17(22-23)20(25)21-13-15-5-3-4-6-18(15)26-2/h3-10H,11-13H2,1-2H3,(H,21,25). The summed E-state index contributed by atoms with van der Waals surface area (Å²) < 4.78 is 5.29. The minimum Gasteiger partial charge on any atom is -0.496 e. The molecule has 6 heteroatoms. The summed E-state index contributed by atoms with van der Waals surface area (Å²) in [6.07, 6.45) is 0.591. The van der Waals surface area contributed by atoms with Gasteiger partial charge >= 0.3 is 0 Å². The number of hydrogen-bond donors (Lipinski definition) is 1. The molecule has 0 saturated heterocycles. The van der Waals surface area contributed by atoms with Crippen LogP contribution in [0.15, 0.2) is 53.6 Å². The van der Waals surface area contributed by atoms with E-state index >= 15 is 0 Å². The highest BCUT2D eigenvalue weighted by atomic mass is 16.5. The molecule has 26 heavy (non-hydrogen) atoms. The molecule has 0 aliphatic carbocycles. The summed E-state index contributed by atoms with van der Waals surface area (Å²) in [5.41, 5.74) is 2.98. The molecule has 0 radical (unpaired) electrons. The zero-order valence-electron chi connectivity index (χ0n) is 14.9. The van der Waals surface area contributed by atoms with Crippen LogP contribution in [0.4, 0.5) is 5.69 Å². The van der Waals surface area contributed by atoms with Gasteiger partial charge in [0.25, 0.3) is 5.91 Å². The molecule has 0 spiro atoms. The summed E-state index contributed by atoms with van der Waals surface area (Å²) in [4.78, 5) is 24.7. The van der Waals surface area contributed by atoms with E-state index in [9.17, 15) is 9.59 Å². The topological polar surface area (TPSA) is 71.0 Å². The number of nitrogens with zero attached hydrogens (tertiary/aromatic N) is 2. The lowest BCUT2D eigenvalue weighted by Crippen LogP contribution is -2.38. The molecule has 1 N–H and O–H groups in total. The van der Waals surface area contributed by atoms with Crippen LogP contribution in [0.25, 0.3) is 0 Å². The zero-order chi connectivity index (χ0) is 18.5. The molecule has 1 heterocycles. The summed E-state index contributed by atoms with van der Waals surface area (Å²) in [6.45, 7) is 2.31. The van der Waals surface area contributed by atoms with Gasteiger partial charge < -0.3 is 10.1 Å². The summed E-state index contributed by atoms with van der Waals surface area (Å²) in [5.74, 6) is 0.325. The van der Waals surface area contributed by atoms with E-state index in [0.717, 1.165) is 16.9 Å². The number of methoxy groups -OCH3 is 1. The van der Waals surface area contributed by atoms with Crippen molar-refractivity contribution in [2.45, 2.75) is 26.3 Å². The fourth-order valence-electron chi connectivity index (χ4n) is 2.73. The molecule has 0 aromatic heterocycles. The molecule has 3 rings (SSSR count). The Morgan fingerprint density at radius 3 is 2.62 bits per heavy atom. The van der Waals surface area contributed by atoms with Gasteiger partial charge in [-0.15, -0.1) is 0 Å². The van der Waals surface area contributed by atoms with Crippen LogP contribution in [0.2, 0.25) is 0 Å². The molecule has 1 aliphatic heterocycles. The smallest absolute Gasteiger partial charge is 0.267 e. The van der Waals surface area contributed by atoms with Crippen molar-refractivity contribution in [2.24, 2.45) is 5.10 Å². The van der Waals surface area contributed by atoms with Crippen molar-refractivity contribution < 1.29 is 14.3 Å². The minimum atomic E-state index is -0.277. The quantitative estimate of drug-likeness (QED) is 0.900. The van der Waals surface area contributed by atoms with Gasteiger partial charge in [-0.25, -0.2) is 5.01 Å². The molecular formula is C20H21N3O3. The molecule has 0 saturated carbocycles. The lowest BCUT2D eigenvalue weighted by molar-refractivity contribution is -0.119. The number of hydrazone groups is 1. The van der Waals surface area contributed by atoms with Crippen molar-refractivity contribution in [1.82, 2.24) is 5.32 Å². The molecule has 2 aromatic carbocycles. The molecule has 1 aliphatic rings. The number of benzene rings is 2. The van der Waals surface area contributed by atoms with Gasteiger partial charge in [-0.3, -0.25) is 9.59 Å².